The highest BCUT2D eigenvalue weighted by Crippen LogP contribution is 2.30. The van der Waals surface area contributed by atoms with Crippen molar-refractivity contribution in [3.8, 4) is 5.75 Å². The molecule has 1 rings (SSSR count). The predicted octanol–water partition coefficient (Wildman–Crippen LogP) is 4.54. The van der Waals surface area contributed by atoms with Crippen molar-refractivity contribution in [3.05, 3.63) is 28.8 Å². The Morgan fingerprint density at radius 1 is 1.19 bits per heavy atom. The van der Waals surface area contributed by atoms with Crippen LogP contribution in [-0.4, -0.2) is 42.5 Å². The van der Waals surface area contributed by atoms with E-state index in [1.165, 1.54) is 24.1 Å². The van der Waals surface area contributed by atoms with Gasteiger partial charge in [-0.05, 0) is 38.5 Å². The van der Waals surface area contributed by atoms with Gasteiger partial charge < -0.3 is 19.1 Å². The summed E-state index contributed by atoms with van der Waals surface area (Å²) in [5.74, 6) is -0.997. The molecule has 1 aromatic rings. The van der Waals surface area contributed by atoms with Crippen LogP contribution in [0, 0.1) is 0 Å². The third-order valence-electron chi connectivity index (χ3n) is 2.97. The predicted molar refractivity (Wildman–Crippen MR) is 91.4 cm³/mol. The molecule has 0 atom stereocenters. The van der Waals surface area contributed by atoms with Gasteiger partial charge in [0.05, 0.1) is 11.4 Å². The van der Waals surface area contributed by atoms with Crippen molar-refractivity contribution in [3.63, 3.8) is 0 Å². The first-order valence-electron chi connectivity index (χ1n) is 7.91. The number of benzene rings is 1. The van der Waals surface area contributed by atoms with E-state index in [1.807, 2.05) is 0 Å². The van der Waals surface area contributed by atoms with Crippen LogP contribution in [0.3, 0.4) is 0 Å². The first-order chi connectivity index (χ1) is 12.3. The average molecular weight is 412 g/mol. The van der Waals surface area contributed by atoms with Gasteiger partial charge in [-0.3, -0.25) is 4.79 Å². The summed E-state index contributed by atoms with van der Waals surface area (Å²) < 4.78 is 50.5. The zero-order chi connectivity index (χ0) is 20.8. The summed E-state index contributed by atoms with van der Waals surface area (Å²) in [5.41, 5.74) is -0.236. The fourth-order valence-corrected chi connectivity index (χ4v) is 2.08. The quantitative estimate of drug-likeness (QED) is 0.643. The van der Waals surface area contributed by atoms with E-state index in [1.54, 1.807) is 20.8 Å². The molecule has 0 aromatic heterocycles. The molecule has 27 heavy (non-hydrogen) atoms. The van der Waals surface area contributed by atoms with Gasteiger partial charge in [0.2, 0.25) is 0 Å². The topological polar surface area (TPSA) is 65.1 Å². The van der Waals surface area contributed by atoms with E-state index in [-0.39, 0.29) is 24.6 Å². The highest BCUT2D eigenvalue weighted by atomic mass is 35.5. The zero-order valence-corrected chi connectivity index (χ0v) is 16.1. The summed E-state index contributed by atoms with van der Waals surface area (Å²) in [6.07, 6.45) is -5.56. The number of halogens is 4. The lowest BCUT2D eigenvalue weighted by Gasteiger charge is -2.21. The first kappa shape index (κ1) is 22.9. The van der Waals surface area contributed by atoms with Crippen LogP contribution in [0.15, 0.2) is 18.2 Å². The van der Waals surface area contributed by atoms with Gasteiger partial charge in [-0.2, -0.15) is 0 Å². The Hall–Kier alpha value is -2.16. The second kappa shape index (κ2) is 9.16. The van der Waals surface area contributed by atoms with E-state index in [9.17, 15) is 22.8 Å². The zero-order valence-electron chi connectivity index (χ0n) is 15.4. The number of carbonyl (C=O) groups is 2. The summed E-state index contributed by atoms with van der Waals surface area (Å²) in [4.78, 5) is 24.7. The van der Waals surface area contributed by atoms with E-state index < -0.39 is 29.8 Å². The molecule has 6 nitrogen and oxygen atoms in total. The van der Waals surface area contributed by atoms with Gasteiger partial charge >= 0.3 is 18.4 Å². The van der Waals surface area contributed by atoms with E-state index in [2.05, 4.69) is 4.74 Å². The van der Waals surface area contributed by atoms with Crippen LogP contribution in [0.5, 0.6) is 5.75 Å². The average Bonchev–Trinajstić information content (AvgIpc) is 2.49. The fourth-order valence-electron chi connectivity index (χ4n) is 1.84. The van der Waals surface area contributed by atoms with Crippen LogP contribution in [0.2, 0.25) is 5.02 Å². The largest absolute Gasteiger partial charge is 0.573 e. The Balaban J connectivity index is 2.49. The van der Waals surface area contributed by atoms with Crippen LogP contribution in [0.25, 0.3) is 0 Å². The third-order valence-corrected chi connectivity index (χ3v) is 3.26. The van der Waals surface area contributed by atoms with Crippen molar-refractivity contribution in [1.29, 1.82) is 0 Å². The number of hydrogen-bond donors (Lipinski definition) is 0. The minimum Gasteiger partial charge on any atom is -0.460 e. The Morgan fingerprint density at radius 2 is 1.81 bits per heavy atom. The lowest BCUT2D eigenvalue weighted by Crippen LogP contribution is -2.31. The van der Waals surface area contributed by atoms with Crippen LogP contribution < -0.4 is 4.74 Å². The number of alkyl halides is 3. The van der Waals surface area contributed by atoms with Gasteiger partial charge in [-0.25, -0.2) is 4.79 Å². The molecule has 1 aromatic carbocycles. The highest BCUT2D eigenvalue weighted by molar-refractivity contribution is 6.32. The van der Waals surface area contributed by atoms with Gasteiger partial charge in [0.25, 0.3) is 0 Å². The Bertz CT molecular complexity index is 674. The number of nitrogens with zero attached hydrogens (tertiary/aromatic N) is 1. The molecule has 0 unspecified atom stereocenters. The maximum Gasteiger partial charge on any atom is 0.573 e. The highest BCUT2D eigenvalue weighted by Gasteiger charge is 2.32. The van der Waals surface area contributed by atoms with Gasteiger partial charge in [0.1, 0.15) is 18.0 Å². The number of ether oxygens (including phenoxy) is 3. The van der Waals surface area contributed by atoms with Crippen LogP contribution >= 0.6 is 11.6 Å². The van der Waals surface area contributed by atoms with Gasteiger partial charge in [0.15, 0.2) is 0 Å². The molecule has 0 aliphatic heterocycles. The van der Waals surface area contributed by atoms with Crippen molar-refractivity contribution in [2.75, 3.05) is 13.6 Å². The van der Waals surface area contributed by atoms with Crippen molar-refractivity contribution < 1.29 is 37.0 Å². The molecule has 0 N–H and O–H groups in total. The number of esters is 1. The second-order valence-corrected chi connectivity index (χ2v) is 7.03. The standard InChI is InChI=1S/C17H21ClF3NO5/c1-16(2,3)27-14(23)7-8-22(4)15(24)25-10-11-5-6-13(12(18)9-11)26-17(19,20)21/h5-6,9H,7-8,10H2,1-4H3. The molecule has 1 amide bonds. The van der Waals surface area contributed by atoms with Gasteiger partial charge in [-0.15, -0.1) is 13.2 Å². The Morgan fingerprint density at radius 3 is 2.33 bits per heavy atom. The molecule has 0 bridgehead atoms. The molecule has 152 valence electrons. The van der Waals surface area contributed by atoms with Crippen molar-refractivity contribution in [2.24, 2.45) is 0 Å². The second-order valence-electron chi connectivity index (χ2n) is 6.63. The summed E-state index contributed by atoms with van der Waals surface area (Å²) in [6, 6.07) is 3.53. The van der Waals surface area contributed by atoms with Crippen LogP contribution in [0.4, 0.5) is 18.0 Å². The maximum absolute atomic E-state index is 12.2. The Kier molecular flexibility index (Phi) is 7.77. The molecule has 0 aliphatic rings. The van der Waals surface area contributed by atoms with E-state index in [0.29, 0.717) is 5.56 Å². The van der Waals surface area contributed by atoms with Gasteiger partial charge in [0, 0.05) is 13.6 Å². The molecule has 0 saturated heterocycles. The molecule has 0 fully saturated rings. The van der Waals surface area contributed by atoms with Crippen LogP contribution in [-0.2, 0) is 20.9 Å². The number of hydrogen-bond acceptors (Lipinski definition) is 5. The van der Waals surface area contributed by atoms with E-state index in [4.69, 9.17) is 21.1 Å². The van der Waals surface area contributed by atoms with Crippen molar-refractivity contribution in [2.45, 2.75) is 45.8 Å². The molecule has 0 aliphatic carbocycles. The molecular formula is C17H21ClF3NO5. The van der Waals surface area contributed by atoms with E-state index >= 15 is 0 Å². The summed E-state index contributed by atoms with van der Waals surface area (Å²) in [5, 5.41) is -0.265. The first-order valence-corrected chi connectivity index (χ1v) is 8.28. The molecule has 0 heterocycles. The summed E-state index contributed by atoms with van der Waals surface area (Å²) in [6.45, 7) is 5.09. The monoisotopic (exact) mass is 411 g/mol. The third kappa shape index (κ3) is 9.37. The molecule has 10 heteroatoms. The molecule has 0 saturated carbocycles. The molecule has 0 spiro atoms. The van der Waals surface area contributed by atoms with Crippen molar-refractivity contribution >= 4 is 23.7 Å². The van der Waals surface area contributed by atoms with Gasteiger partial charge in [-0.1, -0.05) is 17.7 Å². The fraction of sp³-hybridized carbons (Fsp3) is 0.529. The Labute approximate surface area is 160 Å². The minimum absolute atomic E-state index is 0.00181. The summed E-state index contributed by atoms with van der Waals surface area (Å²) in [7, 11) is 1.44. The SMILES string of the molecule is CN(CCC(=O)OC(C)(C)C)C(=O)OCc1ccc(OC(F)(F)F)c(Cl)c1. The minimum atomic E-state index is -4.85. The molecule has 0 radical (unpaired) electrons. The summed E-state index contributed by atoms with van der Waals surface area (Å²) >= 11 is 5.72. The smallest absolute Gasteiger partial charge is 0.460 e. The lowest BCUT2D eigenvalue weighted by molar-refractivity contribution is -0.274. The maximum atomic E-state index is 12.2. The molecular weight excluding hydrogens is 391 g/mol. The van der Waals surface area contributed by atoms with Crippen LogP contribution in [0.1, 0.15) is 32.8 Å². The number of amides is 1. The number of rotatable bonds is 6. The van der Waals surface area contributed by atoms with Crippen molar-refractivity contribution in [1.82, 2.24) is 4.90 Å². The normalized spacial score (nSPS) is 11.7. The number of carbonyl (C=O) groups excluding carboxylic acids is 2. The lowest BCUT2D eigenvalue weighted by atomic mass is 10.2. The van der Waals surface area contributed by atoms with E-state index in [0.717, 1.165) is 6.07 Å².